The Morgan fingerprint density at radius 1 is 1.21 bits per heavy atom. The quantitative estimate of drug-likeness (QED) is 0.249. The number of aliphatic imine (C=N–C) groups is 1. The van der Waals surface area contributed by atoms with Crippen LogP contribution in [0.5, 0.6) is 5.75 Å². The fourth-order valence-electron chi connectivity index (χ4n) is 2.77. The number of hydrogen-bond acceptors (Lipinski definition) is 3. The lowest BCUT2D eigenvalue weighted by Gasteiger charge is -2.18. The zero-order valence-corrected chi connectivity index (χ0v) is 20.4. The van der Waals surface area contributed by atoms with Crippen molar-refractivity contribution in [3.63, 3.8) is 0 Å². The van der Waals surface area contributed by atoms with Crippen LogP contribution >= 0.6 is 24.0 Å². The summed E-state index contributed by atoms with van der Waals surface area (Å²) in [6, 6.07) is 6.08. The molecule has 0 spiro atoms. The van der Waals surface area contributed by atoms with Gasteiger partial charge in [0.25, 0.3) is 0 Å². The van der Waals surface area contributed by atoms with E-state index < -0.39 is 0 Å². The maximum Gasteiger partial charge on any atom is 0.221 e. The van der Waals surface area contributed by atoms with E-state index in [0.717, 1.165) is 30.4 Å². The molecular formula is C21H37IN4O2. The van der Waals surface area contributed by atoms with Crippen molar-refractivity contribution in [2.24, 2.45) is 10.9 Å². The summed E-state index contributed by atoms with van der Waals surface area (Å²) in [6.07, 6.45) is 3.58. The van der Waals surface area contributed by atoms with Crippen molar-refractivity contribution >= 4 is 41.5 Å². The summed E-state index contributed by atoms with van der Waals surface area (Å²) in [6.45, 7) is 11.6. The molecule has 7 heteroatoms. The first-order chi connectivity index (χ1) is 12.8. The maximum atomic E-state index is 11.4. The monoisotopic (exact) mass is 504 g/mol. The number of nitrogens with one attached hydrogen (secondary N) is 3. The van der Waals surface area contributed by atoms with Crippen LogP contribution < -0.4 is 20.7 Å². The van der Waals surface area contributed by atoms with Crippen molar-refractivity contribution in [3.8, 4) is 5.75 Å². The Balaban J connectivity index is 0.00000729. The molecule has 0 bridgehead atoms. The van der Waals surface area contributed by atoms with Crippen molar-refractivity contribution in [1.29, 1.82) is 0 Å². The molecule has 0 aliphatic heterocycles. The predicted molar refractivity (Wildman–Crippen MR) is 129 cm³/mol. The van der Waals surface area contributed by atoms with E-state index in [0.29, 0.717) is 24.0 Å². The van der Waals surface area contributed by atoms with E-state index in [1.807, 2.05) is 18.2 Å². The number of benzene rings is 1. The zero-order chi connectivity index (χ0) is 20.2. The largest absolute Gasteiger partial charge is 0.495 e. The summed E-state index contributed by atoms with van der Waals surface area (Å²) in [5.41, 5.74) is 1.67. The van der Waals surface area contributed by atoms with Gasteiger partial charge in [-0.1, -0.05) is 32.8 Å². The molecule has 1 rings (SSSR count). The highest BCUT2D eigenvalue weighted by Crippen LogP contribution is 2.25. The fourth-order valence-corrected chi connectivity index (χ4v) is 2.77. The number of amides is 1. The zero-order valence-electron chi connectivity index (χ0n) is 18.1. The topological polar surface area (TPSA) is 74.8 Å². The maximum absolute atomic E-state index is 11.4. The number of ether oxygens (including phenoxy) is 1. The van der Waals surface area contributed by atoms with Crippen molar-refractivity contribution in [2.75, 3.05) is 19.0 Å². The van der Waals surface area contributed by atoms with Gasteiger partial charge in [-0.2, -0.15) is 0 Å². The number of carbonyl (C=O) groups excluding carboxylic acids is 1. The van der Waals surface area contributed by atoms with Crippen LogP contribution in [0.2, 0.25) is 0 Å². The van der Waals surface area contributed by atoms with Gasteiger partial charge in [-0.25, -0.2) is 4.99 Å². The van der Waals surface area contributed by atoms with Crippen molar-refractivity contribution < 1.29 is 9.53 Å². The minimum Gasteiger partial charge on any atom is -0.495 e. The van der Waals surface area contributed by atoms with Gasteiger partial charge in [0, 0.05) is 19.5 Å². The molecule has 1 amide bonds. The van der Waals surface area contributed by atoms with Crippen LogP contribution in [0.4, 0.5) is 5.69 Å². The smallest absolute Gasteiger partial charge is 0.221 e. The molecular weight excluding hydrogens is 467 g/mol. The van der Waals surface area contributed by atoms with Crippen LogP contribution in [0.1, 0.15) is 59.4 Å². The molecule has 1 atom stereocenters. The van der Waals surface area contributed by atoms with Gasteiger partial charge in [0.15, 0.2) is 5.96 Å². The third kappa shape index (κ3) is 10.7. The summed E-state index contributed by atoms with van der Waals surface area (Å²) in [5.74, 6) is 2.07. The van der Waals surface area contributed by atoms with Gasteiger partial charge >= 0.3 is 0 Å². The molecule has 28 heavy (non-hydrogen) atoms. The molecule has 0 fully saturated rings. The Morgan fingerprint density at radius 2 is 1.93 bits per heavy atom. The highest BCUT2D eigenvalue weighted by Gasteiger charge is 2.08. The molecule has 1 aromatic rings. The van der Waals surface area contributed by atoms with E-state index in [1.165, 1.54) is 19.8 Å². The van der Waals surface area contributed by atoms with Gasteiger partial charge in [0.1, 0.15) is 5.75 Å². The summed E-state index contributed by atoms with van der Waals surface area (Å²) in [5, 5.41) is 9.57. The average molecular weight is 504 g/mol. The molecule has 1 aromatic carbocycles. The van der Waals surface area contributed by atoms with Crippen LogP contribution in [-0.2, 0) is 11.3 Å². The number of methoxy groups -OCH3 is 1. The van der Waals surface area contributed by atoms with Crippen LogP contribution in [0, 0.1) is 5.92 Å². The van der Waals surface area contributed by atoms with Gasteiger partial charge < -0.3 is 20.7 Å². The molecule has 6 nitrogen and oxygen atoms in total. The number of guanidine groups is 1. The Labute approximate surface area is 187 Å². The van der Waals surface area contributed by atoms with Crippen molar-refractivity contribution in [3.05, 3.63) is 23.8 Å². The minimum absolute atomic E-state index is 0. The number of nitrogens with zero attached hydrogens (tertiary/aromatic N) is 1. The lowest BCUT2D eigenvalue weighted by atomic mass is 10.0. The lowest BCUT2D eigenvalue weighted by molar-refractivity contribution is -0.114. The second-order valence-electron chi connectivity index (χ2n) is 7.28. The van der Waals surface area contributed by atoms with E-state index in [9.17, 15) is 4.79 Å². The summed E-state index contributed by atoms with van der Waals surface area (Å²) in [4.78, 5) is 16.1. The third-order valence-corrected chi connectivity index (χ3v) is 4.14. The van der Waals surface area contributed by atoms with Crippen LogP contribution in [0.25, 0.3) is 0 Å². The van der Waals surface area contributed by atoms with Gasteiger partial charge in [0.05, 0.1) is 19.3 Å². The first-order valence-electron chi connectivity index (χ1n) is 9.85. The highest BCUT2D eigenvalue weighted by atomic mass is 127. The summed E-state index contributed by atoms with van der Waals surface area (Å²) in [7, 11) is 1.59. The van der Waals surface area contributed by atoms with Crippen LogP contribution in [-0.4, -0.2) is 31.6 Å². The van der Waals surface area contributed by atoms with Crippen molar-refractivity contribution in [2.45, 2.75) is 66.5 Å². The van der Waals surface area contributed by atoms with Gasteiger partial charge in [-0.3, -0.25) is 4.79 Å². The predicted octanol–water partition coefficient (Wildman–Crippen LogP) is 4.54. The Hall–Kier alpha value is -1.51. The van der Waals surface area contributed by atoms with E-state index >= 15 is 0 Å². The molecule has 0 saturated carbocycles. The number of anilines is 1. The molecule has 0 heterocycles. The Morgan fingerprint density at radius 3 is 2.50 bits per heavy atom. The SMILES string of the molecule is CCNC(=NCc1ccc(OC)c(NC(C)=O)c1)NC(C)CCCC(C)C.I. The standard InChI is InChI=1S/C21H36N4O2.HI/c1-7-22-21(24-16(4)10-8-9-15(2)3)23-14-18-11-12-20(27-6)19(13-18)25-17(5)26;/h11-13,15-16H,7-10,14H2,1-6H3,(H,25,26)(H2,22,23,24);1H. The number of hydrogen-bond donors (Lipinski definition) is 3. The molecule has 0 aromatic heterocycles. The van der Waals surface area contributed by atoms with E-state index in [-0.39, 0.29) is 29.9 Å². The average Bonchev–Trinajstić information content (AvgIpc) is 2.59. The Bertz CT molecular complexity index is 620. The van der Waals surface area contributed by atoms with Gasteiger partial charge in [0.2, 0.25) is 5.91 Å². The van der Waals surface area contributed by atoms with Crippen molar-refractivity contribution in [1.82, 2.24) is 10.6 Å². The second-order valence-corrected chi connectivity index (χ2v) is 7.28. The van der Waals surface area contributed by atoms with E-state index in [2.05, 4.69) is 48.6 Å². The minimum atomic E-state index is -0.126. The third-order valence-electron chi connectivity index (χ3n) is 4.14. The number of rotatable bonds is 10. The molecule has 0 saturated heterocycles. The second kappa shape index (κ2) is 14.5. The number of halogens is 1. The van der Waals surface area contributed by atoms with Crippen LogP contribution in [0.15, 0.2) is 23.2 Å². The number of carbonyl (C=O) groups is 1. The summed E-state index contributed by atoms with van der Waals surface area (Å²) >= 11 is 0. The first kappa shape index (κ1) is 26.5. The normalized spacial score (nSPS) is 12.2. The molecule has 0 aliphatic carbocycles. The lowest BCUT2D eigenvalue weighted by Crippen LogP contribution is -2.42. The highest BCUT2D eigenvalue weighted by molar-refractivity contribution is 14.0. The molecule has 0 aliphatic rings. The summed E-state index contributed by atoms with van der Waals surface area (Å²) < 4.78 is 5.30. The van der Waals surface area contributed by atoms with Crippen LogP contribution in [0.3, 0.4) is 0 Å². The molecule has 160 valence electrons. The molecule has 3 N–H and O–H groups in total. The fraction of sp³-hybridized carbons (Fsp3) is 0.619. The Kier molecular flexibility index (Phi) is 13.7. The van der Waals surface area contributed by atoms with E-state index in [4.69, 9.17) is 4.74 Å². The van der Waals surface area contributed by atoms with Gasteiger partial charge in [-0.15, -0.1) is 24.0 Å². The van der Waals surface area contributed by atoms with Gasteiger partial charge in [-0.05, 0) is 43.9 Å². The molecule has 0 radical (unpaired) electrons. The van der Waals surface area contributed by atoms with E-state index in [1.54, 1.807) is 7.11 Å². The molecule has 1 unspecified atom stereocenters. The first-order valence-corrected chi connectivity index (χ1v) is 9.85.